The summed E-state index contributed by atoms with van der Waals surface area (Å²) < 4.78 is 5.87. The first-order valence-corrected chi connectivity index (χ1v) is 12.3. The van der Waals surface area contributed by atoms with Crippen molar-refractivity contribution < 1.29 is 24.2 Å². The fraction of sp³-hybridized carbons (Fsp3) is 0.276. The molecule has 0 spiro atoms. The zero-order valence-corrected chi connectivity index (χ0v) is 19.9. The number of carbonyl (C=O) groups excluding carboxylic acids is 2. The van der Waals surface area contributed by atoms with E-state index in [2.05, 4.69) is 5.32 Å². The lowest BCUT2D eigenvalue weighted by Gasteiger charge is -2.30. The van der Waals surface area contributed by atoms with Crippen molar-refractivity contribution in [1.82, 2.24) is 0 Å². The first-order valence-electron chi connectivity index (χ1n) is 12.3. The van der Waals surface area contributed by atoms with E-state index in [0.717, 1.165) is 16.8 Å². The maximum absolute atomic E-state index is 12.9. The first-order chi connectivity index (χ1) is 17.5. The van der Waals surface area contributed by atoms with E-state index in [4.69, 9.17) is 4.74 Å². The minimum atomic E-state index is -0.765. The molecule has 3 aromatic carbocycles. The quantitative estimate of drug-likeness (QED) is 0.442. The van der Waals surface area contributed by atoms with Crippen molar-refractivity contribution in [2.45, 2.75) is 25.7 Å². The number of carboxylic acid groups (broad SMARTS) is 1. The van der Waals surface area contributed by atoms with Crippen molar-refractivity contribution in [2.24, 2.45) is 11.8 Å². The van der Waals surface area contributed by atoms with Gasteiger partial charge in [-0.15, -0.1) is 0 Å². The summed E-state index contributed by atoms with van der Waals surface area (Å²) in [5.41, 5.74) is 3.97. The average molecular weight is 485 g/mol. The predicted molar refractivity (Wildman–Crippen MR) is 138 cm³/mol. The molecule has 36 heavy (non-hydrogen) atoms. The van der Waals surface area contributed by atoms with Crippen LogP contribution in [0.15, 0.2) is 72.8 Å². The summed E-state index contributed by atoms with van der Waals surface area (Å²) in [5, 5.41) is 12.1. The van der Waals surface area contributed by atoms with Gasteiger partial charge in [0.15, 0.2) is 5.78 Å². The SMILES string of the molecule is O=C(Nc1ccccc1)N1CCOc2cc(-c3ccc(C(=O)[C@H]4CC[C@@H](C(=O)O)CC4)cc3)ccc21. The van der Waals surface area contributed by atoms with E-state index in [0.29, 0.717) is 55.8 Å². The third-order valence-corrected chi connectivity index (χ3v) is 7.04. The van der Waals surface area contributed by atoms with Crippen LogP contribution in [0.4, 0.5) is 16.2 Å². The number of nitrogens with one attached hydrogen (secondary N) is 1. The highest BCUT2D eigenvalue weighted by Gasteiger charge is 2.30. The van der Waals surface area contributed by atoms with Crippen LogP contribution >= 0.6 is 0 Å². The molecule has 1 fully saturated rings. The molecule has 0 saturated heterocycles. The lowest BCUT2D eigenvalue weighted by atomic mass is 9.78. The zero-order valence-electron chi connectivity index (χ0n) is 19.9. The van der Waals surface area contributed by atoms with E-state index in [-0.39, 0.29) is 23.7 Å². The van der Waals surface area contributed by atoms with Gasteiger partial charge in [0.05, 0.1) is 18.2 Å². The van der Waals surface area contributed by atoms with Crippen molar-refractivity contribution in [3.8, 4) is 16.9 Å². The second kappa shape index (κ2) is 10.2. The van der Waals surface area contributed by atoms with E-state index in [1.165, 1.54) is 0 Å². The van der Waals surface area contributed by atoms with E-state index in [1.54, 1.807) is 4.90 Å². The number of urea groups is 1. The van der Waals surface area contributed by atoms with Gasteiger partial charge in [0.25, 0.3) is 0 Å². The Labute approximate surface area is 209 Å². The second-order valence-electron chi connectivity index (χ2n) is 9.31. The van der Waals surface area contributed by atoms with Gasteiger partial charge >= 0.3 is 12.0 Å². The fourth-order valence-corrected chi connectivity index (χ4v) is 4.99. The molecule has 2 N–H and O–H groups in total. The number of benzene rings is 3. The van der Waals surface area contributed by atoms with Crippen LogP contribution in [0.25, 0.3) is 11.1 Å². The van der Waals surface area contributed by atoms with Gasteiger partial charge in [-0.3, -0.25) is 14.5 Å². The molecule has 0 atom stereocenters. The highest BCUT2D eigenvalue weighted by Crippen LogP contribution is 2.37. The van der Waals surface area contributed by atoms with Crippen LogP contribution in [0.2, 0.25) is 0 Å². The Balaban J connectivity index is 1.28. The fourth-order valence-electron chi connectivity index (χ4n) is 4.99. The number of rotatable bonds is 5. The van der Waals surface area contributed by atoms with Crippen LogP contribution in [0, 0.1) is 11.8 Å². The number of carbonyl (C=O) groups is 3. The lowest BCUT2D eigenvalue weighted by molar-refractivity contribution is -0.143. The monoisotopic (exact) mass is 484 g/mol. The van der Waals surface area contributed by atoms with Crippen LogP contribution in [-0.4, -0.2) is 36.0 Å². The minimum Gasteiger partial charge on any atom is -0.490 e. The zero-order chi connectivity index (χ0) is 25.1. The maximum atomic E-state index is 12.9. The average Bonchev–Trinajstić information content (AvgIpc) is 2.92. The number of Topliss-reactive ketones (excluding diaryl/α,β-unsaturated/α-hetero) is 1. The molecule has 1 aliphatic carbocycles. The molecule has 0 aromatic heterocycles. The van der Waals surface area contributed by atoms with Crippen LogP contribution in [0.5, 0.6) is 5.75 Å². The van der Waals surface area contributed by atoms with Gasteiger partial charge in [0.2, 0.25) is 0 Å². The third-order valence-electron chi connectivity index (χ3n) is 7.04. The molecular formula is C29H28N2O5. The number of ketones is 1. The van der Waals surface area contributed by atoms with E-state index < -0.39 is 5.97 Å². The molecule has 2 aliphatic rings. The number of anilines is 2. The van der Waals surface area contributed by atoms with Crippen molar-refractivity contribution in [1.29, 1.82) is 0 Å². The van der Waals surface area contributed by atoms with Crippen molar-refractivity contribution >= 4 is 29.2 Å². The Bertz CT molecular complexity index is 1260. The first kappa shape index (κ1) is 23.6. The molecule has 1 aliphatic heterocycles. The summed E-state index contributed by atoms with van der Waals surface area (Å²) in [6, 6.07) is 22.4. The van der Waals surface area contributed by atoms with Gasteiger partial charge in [-0.1, -0.05) is 48.5 Å². The van der Waals surface area contributed by atoms with Gasteiger partial charge in [-0.05, 0) is 61.1 Å². The second-order valence-corrected chi connectivity index (χ2v) is 9.31. The predicted octanol–water partition coefficient (Wildman–Crippen LogP) is 5.86. The Hall–Kier alpha value is -4.13. The molecule has 2 amide bonds. The van der Waals surface area contributed by atoms with E-state index >= 15 is 0 Å². The number of aliphatic carboxylic acids is 1. The van der Waals surface area contributed by atoms with Crippen LogP contribution < -0.4 is 15.0 Å². The Morgan fingerprint density at radius 2 is 1.50 bits per heavy atom. The Morgan fingerprint density at radius 1 is 0.833 bits per heavy atom. The summed E-state index contributed by atoms with van der Waals surface area (Å²) in [7, 11) is 0. The maximum Gasteiger partial charge on any atom is 0.326 e. The summed E-state index contributed by atoms with van der Waals surface area (Å²) >= 11 is 0. The molecule has 7 heteroatoms. The Morgan fingerprint density at radius 3 is 2.19 bits per heavy atom. The molecule has 184 valence electrons. The highest BCUT2D eigenvalue weighted by atomic mass is 16.5. The number of para-hydroxylation sites is 1. The summed E-state index contributed by atoms with van der Waals surface area (Å²) in [5.74, 6) is -0.490. The Kier molecular flexibility index (Phi) is 6.71. The van der Waals surface area contributed by atoms with Gasteiger partial charge in [-0.2, -0.15) is 0 Å². The van der Waals surface area contributed by atoms with E-state index in [9.17, 15) is 19.5 Å². The molecule has 3 aromatic rings. The molecule has 1 heterocycles. The standard InChI is InChI=1S/C29H28N2O5/c32-27(21-10-12-22(13-11-21)28(33)34)20-8-6-19(7-9-20)23-14-15-25-26(18-23)36-17-16-31(25)29(35)30-24-4-2-1-3-5-24/h1-9,14-15,18,21-22H,10-13,16-17H2,(H,30,35)(H,33,34)/t21-,22+. The van der Waals surface area contributed by atoms with Crippen molar-refractivity contribution in [3.05, 3.63) is 78.4 Å². The van der Waals surface area contributed by atoms with E-state index in [1.807, 2.05) is 72.8 Å². The number of carboxylic acids is 1. The largest absolute Gasteiger partial charge is 0.490 e. The molecule has 5 rings (SSSR count). The number of hydrogen-bond acceptors (Lipinski definition) is 4. The summed E-state index contributed by atoms with van der Waals surface area (Å²) in [6.07, 6.45) is 2.35. The third kappa shape index (κ3) is 4.96. The molecule has 0 unspecified atom stereocenters. The molecule has 1 saturated carbocycles. The number of fused-ring (bicyclic) bond motifs is 1. The van der Waals surface area contributed by atoms with Crippen LogP contribution in [0.1, 0.15) is 36.0 Å². The molecule has 0 radical (unpaired) electrons. The van der Waals surface area contributed by atoms with Crippen molar-refractivity contribution in [3.63, 3.8) is 0 Å². The lowest BCUT2D eigenvalue weighted by Crippen LogP contribution is -2.40. The minimum absolute atomic E-state index is 0.0826. The highest BCUT2D eigenvalue weighted by molar-refractivity contribution is 6.03. The summed E-state index contributed by atoms with van der Waals surface area (Å²) in [4.78, 5) is 38.7. The van der Waals surface area contributed by atoms with Crippen LogP contribution in [0.3, 0.4) is 0 Å². The number of nitrogens with zero attached hydrogens (tertiary/aromatic N) is 1. The topological polar surface area (TPSA) is 95.9 Å². The van der Waals surface area contributed by atoms with Crippen LogP contribution in [-0.2, 0) is 4.79 Å². The summed E-state index contributed by atoms with van der Waals surface area (Å²) in [6.45, 7) is 0.854. The number of hydrogen-bond donors (Lipinski definition) is 2. The molecule has 7 nitrogen and oxygen atoms in total. The molecular weight excluding hydrogens is 456 g/mol. The van der Waals surface area contributed by atoms with Gasteiger partial charge in [0, 0.05) is 17.2 Å². The molecule has 0 bridgehead atoms. The smallest absolute Gasteiger partial charge is 0.326 e. The van der Waals surface area contributed by atoms with Gasteiger partial charge in [-0.25, -0.2) is 4.79 Å². The van der Waals surface area contributed by atoms with Gasteiger partial charge in [0.1, 0.15) is 12.4 Å². The number of ether oxygens (including phenoxy) is 1. The van der Waals surface area contributed by atoms with Gasteiger partial charge < -0.3 is 15.2 Å². The normalized spacial score (nSPS) is 19.1. The van der Waals surface area contributed by atoms with Crippen molar-refractivity contribution in [2.75, 3.05) is 23.4 Å². The number of amides is 2.